The van der Waals surface area contributed by atoms with Gasteiger partial charge in [0, 0.05) is 12.3 Å². The lowest BCUT2D eigenvalue weighted by Gasteiger charge is -2.26. The lowest BCUT2D eigenvalue weighted by molar-refractivity contribution is -0.125. The van der Waals surface area contributed by atoms with Gasteiger partial charge in [0.1, 0.15) is 5.78 Å². The van der Waals surface area contributed by atoms with Gasteiger partial charge >= 0.3 is 0 Å². The molecule has 1 nitrogen and oxygen atoms in total. The summed E-state index contributed by atoms with van der Waals surface area (Å²) < 4.78 is 0. The topological polar surface area (TPSA) is 17.1 Å². The molecule has 0 aromatic heterocycles. The molecule has 80 valence electrons. The molecule has 1 aliphatic rings. The van der Waals surface area contributed by atoms with Gasteiger partial charge in [-0.1, -0.05) is 43.7 Å². The maximum Gasteiger partial charge on any atom is 0.136 e. The fourth-order valence-electron chi connectivity index (χ4n) is 2.53. The van der Waals surface area contributed by atoms with Crippen molar-refractivity contribution < 1.29 is 4.79 Å². The Morgan fingerprint density at radius 2 is 1.93 bits per heavy atom. The molecule has 0 unspecified atom stereocenters. The quantitative estimate of drug-likeness (QED) is 0.716. The molecule has 1 aliphatic carbocycles. The molecule has 1 aromatic carbocycles. The first-order chi connectivity index (χ1) is 7.29. The van der Waals surface area contributed by atoms with E-state index in [1.807, 2.05) is 6.07 Å². The monoisotopic (exact) mass is 202 g/mol. The molecule has 0 N–H and O–H groups in total. The standard InChI is InChI=1S/C14H18O/c1-11(12-7-3-2-4-8-12)13-9-5-6-10-14(13)15/h2-4,7-8,11,13H,5-6,9-10H2,1H3/t11-,13-/m1/s1. The fourth-order valence-corrected chi connectivity index (χ4v) is 2.53. The molecule has 0 spiro atoms. The smallest absolute Gasteiger partial charge is 0.136 e. The van der Waals surface area contributed by atoms with Crippen molar-refractivity contribution in [1.29, 1.82) is 0 Å². The number of ketones is 1. The van der Waals surface area contributed by atoms with Gasteiger partial charge in [-0.2, -0.15) is 0 Å². The Hall–Kier alpha value is -1.11. The molecule has 1 heteroatoms. The van der Waals surface area contributed by atoms with Crippen LogP contribution in [-0.4, -0.2) is 5.78 Å². The summed E-state index contributed by atoms with van der Waals surface area (Å²) in [6, 6.07) is 10.4. The predicted molar refractivity (Wildman–Crippen MR) is 61.8 cm³/mol. The van der Waals surface area contributed by atoms with Crippen LogP contribution in [0.1, 0.15) is 44.1 Å². The highest BCUT2D eigenvalue weighted by Gasteiger charge is 2.27. The van der Waals surface area contributed by atoms with Crippen molar-refractivity contribution in [2.75, 3.05) is 0 Å². The minimum absolute atomic E-state index is 0.265. The highest BCUT2D eigenvalue weighted by molar-refractivity contribution is 5.82. The van der Waals surface area contributed by atoms with Crippen molar-refractivity contribution in [2.24, 2.45) is 5.92 Å². The van der Waals surface area contributed by atoms with E-state index in [9.17, 15) is 4.79 Å². The van der Waals surface area contributed by atoms with Crippen LogP contribution in [0.25, 0.3) is 0 Å². The highest BCUT2D eigenvalue weighted by atomic mass is 16.1. The zero-order valence-corrected chi connectivity index (χ0v) is 9.28. The van der Waals surface area contributed by atoms with Crippen LogP contribution in [0.5, 0.6) is 0 Å². The van der Waals surface area contributed by atoms with E-state index in [1.54, 1.807) is 0 Å². The summed E-state index contributed by atoms with van der Waals surface area (Å²) in [6.07, 6.45) is 4.18. The molecule has 0 heterocycles. The van der Waals surface area contributed by atoms with Gasteiger partial charge in [-0.15, -0.1) is 0 Å². The predicted octanol–water partition coefficient (Wildman–Crippen LogP) is 3.55. The van der Waals surface area contributed by atoms with Crippen LogP contribution in [0.2, 0.25) is 0 Å². The summed E-state index contributed by atoms with van der Waals surface area (Å²) in [5.74, 6) is 1.12. The largest absolute Gasteiger partial charge is 0.299 e. The Bertz CT molecular complexity index is 328. The van der Waals surface area contributed by atoms with E-state index < -0.39 is 0 Å². The molecule has 0 aliphatic heterocycles. The second-order valence-electron chi connectivity index (χ2n) is 4.52. The number of benzene rings is 1. The zero-order valence-electron chi connectivity index (χ0n) is 9.28. The van der Waals surface area contributed by atoms with Crippen molar-refractivity contribution in [3.63, 3.8) is 0 Å². The number of hydrogen-bond acceptors (Lipinski definition) is 1. The van der Waals surface area contributed by atoms with E-state index in [4.69, 9.17) is 0 Å². The third-order valence-electron chi connectivity index (χ3n) is 3.53. The van der Waals surface area contributed by atoms with Crippen molar-refractivity contribution in [1.82, 2.24) is 0 Å². The average molecular weight is 202 g/mol. The Kier molecular flexibility index (Phi) is 3.20. The van der Waals surface area contributed by atoms with Crippen molar-refractivity contribution in [3.8, 4) is 0 Å². The van der Waals surface area contributed by atoms with Gasteiger partial charge in [-0.05, 0) is 24.3 Å². The van der Waals surface area contributed by atoms with Gasteiger partial charge in [-0.25, -0.2) is 0 Å². The van der Waals surface area contributed by atoms with Crippen LogP contribution in [0, 0.1) is 5.92 Å². The van der Waals surface area contributed by atoms with E-state index in [-0.39, 0.29) is 5.92 Å². The number of hydrogen-bond donors (Lipinski definition) is 0. The minimum Gasteiger partial charge on any atom is -0.299 e. The van der Waals surface area contributed by atoms with E-state index >= 15 is 0 Å². The van der Waals surface area contributed by atoms with Crippen LogP contribution in [0.3, 0.4) is 0 Å². The molecular weight excluding hydrogens is 184 g/mol. The van der Waals surface area contributed by atoms with E-state index in [0.29, 0.717) is 11.7 Å². The molecule has 0 radical (unpaired) electrons. The molecule has 0 bridgehead atoms. The first-order valence-electron chi connectivity index (χ1n) is 5.86. The fraction of sp³-hybridized carbons (Fsp3) is 0.500. The Morgan fingerprint density at radius 3 is 2.60 bits per heavy atom. The van der Waals surface area contributed by atoms with Crippen molar-refractivity contribution in [3.05, 3.63) is 35.9 Å². The Morgan fingerprint density at radius 1 is 1.20 bits per heavy atom. The first-order valence-corrected chi connectivity index (χ1v) is 5.86. The second-order valence-corrected chi connectivity index (χ2v) is 4.52. The molecule has 1 aromatic rings. The summed E-state index contributed by atoms with van der Waals surface area (Å²) in [5.41, 5.74) is 1.30. The van der Waals surface area contributed by atoms with Crippen LogP contribution in [-0.2, 0) is 4.79 Å². The molecule has 0 saturated heterocycles. The van der Waals surface area contributed by atoms with Crippen LogP contribution < -0.4 is 0 Å². The summed E-state index contributed by atoms with van der Waals surface area (Å²) >= 11 is 0. The molecule has 1 saturated carbocycles. The van der Waals surface area contributed by atoms with E-state index in [2.05, 4.69) is 31.2 Å². The Balaban J connectivity index is 2.13. The maximum atomic E-state index is 11.8. The van der Waals surface area contributed by atoms with Gasteiger partial charge < -0.3 is 0 Å². The highest BCUT2D eigenvalue weighted by Crippen LogP contribution is 2.33. The lowest BCUT2D eigenvalue weighted by Crippen LogP contribution is -2.24. The molecule has 2 atom stereocenters. The third kappa shape index (κ3) is 2.28. The third-order valence-corrected chi connectivity index (χ3v) is 3.53. The summed E-state index contributed by atoms with van der Waals surface area (Å²) in [5, 5.41) is 0. The molecule has 1 fully saturated rings. The van der Waals surface area contributed by atoms with Gasteiger partial charge in [0.05, 0.1) is 0 Å². The van der Waals surface area contributed by atoms with Crippen molar-refractivity contribution >= 4 is 5.78 Å². The maximum absolute atomic E-state index is 11.8. The van der Waals surface area contributed by atoms with Crippen LogP contribution in [0.15, 0.2) is 30.3 Å². The number of rotatable bonds is 2. The molecular formula is C14H18O. The summed E-state index contributed by atoms with van der Waals surface area (Å²) in [6.45, 7) is 2.18. The van der Waals surface area contributed by atoms with Crippen LogP contribution >= 0.6 is 0 Å². The zero-order chi connectivity index (χ0) is 10.7. The van der Waals surface area contributed by atoms with E-state index in [0.717, 1.165) is 19.3 Å². The first kappa shape index (κ1) is 10.4. The molecule has 0 amide bonds. The van der Waals surface area contributed by atoms with Gasteiger partial charge in [0.25, 0.3) is 0 Å². The van der Waals surface area contributed by atoms with E-state index in [1.165, 1.54) is 12.0 Å². The summed E-state index contributed by atoms with van der Waals surface area (Å²) in [4.78, 5) is 11.8. The van der Waals surface area contributed by atoms with Crippen LogP contribution in [0.4, 0.5) is 0 Å². The number of carbonyl (C=O) groups is 1. The molecule has 15 heavy (non-hydrogen) atoms. The van der Waals surface area contributed by atoms with Crippen molar-refractivity contribution in [2.45, 2.75) is 38.5 Å². The average Bonchev–Trinajstić information content (AvgIpc) is 2.30. The van der Waals surface area contributed by atoms with Gasteiger partial charge in [0.2, 0.25) is 0 Å². The van der Waals surface area contributed by atoms with Gasteiger partial charge in [-0.3, -0.25) is 4.79 Å². The summed E-state index contributed by atoms with van der Waals surface area (Å²) in [7, 11) is 0. The second kappa shape index (κ2) is 4.61. The normalized spacial score (nSPS) is 23.8. The SMILES string of the molecule is C[C@H](c1ccccc1)[C@H]1CCCCC1=O. The Labute approximate surface area is 91.5 Å². The lowest BCUT2D eigenvalue weighted by atomic mass is 9.77. The van der Waals surface area contributed by atoms with Gasteiger partial charge in [0.15, 0.2) is 0 Å². The number of carbonyl (C=O) groups excluding carboxylic acids is 1. The molecule has 2 rings (SSSR count). The number of Topliss-reactive ketones (excluding diaryl/α,β-unsaturated/α-hetero) is 1. The minimum atomic E-state index is 0.265.